The Bertz CT molecular complexity index is 520. The fourth-order valence-corrected chi connectivity index (χ4v) is 1.69. The van der Waals surface area contributed by atoms with Crippen molar-refractivity contribution in [2.75, 3.05) is 7.11 Å². The fraction of sp³-hybridized carbons (Fsp3) is 0.167. The topological polar surface area (TPSA) is 39.2 Å². The van der Waals surface area contributed by atoms with Gasteiger partial charge in [0, 0.05) is 11.3 Å². The number of rotatable bonds is 2. The van der Waals surface area contributed by atoms with Crippen molar-refractivity contribution in [3.8, 4) is 5.75 Å². The average molecular weight is 201 g/mol. The van der Waals surface area contributed by atoms with Crippen LogP contribution in [0.15, 0.2) is 24.3 Å². The maximum absolute atomic E-state index is 11.0. The van der Waals surface area contributed by atoms with Gasteiger partial charge in [-0.25, -0.2) is 0 Å². The van der Waals surface area contributed by atoms with Crippen molar-refractivity contribution in [2.45, 2.75) is 6.92 Å². The van der Waals surface area contributed by atoms with E-state index in [0.717, 1.165) is 22.9 Å². The van der Waals surface area contributed by atoms with Crippen LogP contribution in [0.4, 0.5) is 0 Å². The molecule has 0 spiro atoms. The van der Waals surface area contributed by atoms with Gasteiger partial charge < -0.3 is 4.74 Å². The first kappa shape index (κ1) is 9.65. The second-order valence-electron chi connectivity index (χ2n) is 3.33. The van der Waals surface area contributed by atoms with Crippen LogP contribution >= 0.6 is 0 Å². The van der Waals surface area contributed by atoms with Crippen LogP contribution < -0.4 is 4.74 Å². The molecule has 0 amide bonds. The lowest BCUT2D eigenvalue weighted by Gasteiger charge is -2.07. The maximum atomic E-state index is 11.0. The summed E-state index contributed by atoms with van der Waals surface area (Å²) in [6.07, 6.45) is 0.833. The molecule has 0 saturated heterocycles. The summed E-state index contributed by atoms with van der Waals surface area (Å²) in [7, 11) is 1.59. The van der Waals surface area contributed by atoms with E-state index in [9.17, 15) is 4.79 Å². The van der Waals surface area contributed by atoms with Crippen LogP contribution in [0.1, 0.15) is 16.1 Å². The zero-order chi connectivity index (χ0) is 10.8. The first-order valence-corrected chi connectivity index (χ1v) is 4.66. The molecule has 0 radical (unpaired) electrons. The highest BCUT2D eigenvalue weighted by Gasteiger charge is 2.07. The van der Waals surface area contributed by atoms with E-state index in [1.54, 1.807) is 13.2 Å². The minimum atomic E-state index is 0.620. The Labute approximate surface area is 87.7 Å². The first-order valence-electron chi connectivity index (χ1n) is 4.66. The van der Waals surface area contributed by atoms with E-state index in [-0.39, 0.29) is 0 Å². The highest BCUT2D eigenvalue weighted by Crippen LogP contribution is 2.27. The number of pyridine rings is 1. The van der Waals surface area contributed by atoms with Gasteiger partial charge in [0.25, 0.3) is 0 Å². The van der Waals surface area contributed by atoms with Crippen molar-refractivity contribution >= 4 is 17.2 Å². The monoisotopic (exact) mass is 201 g/mol. The van der Waals surface area contributed by atoms with Gasteiger partial charge in [0.05, 0.1) is 18.0 Å². The van der Waals surface area contributed by atoms with Crippen LogP contribution in [0.3, 0.4) is 0 Å². The van der Waals surface area contributed by atoms with Crippen molar-refractivity contribution in [1.29, 1.82) is 0 Å². The number of nitrogens with zero attached hydrogens (tertiary/aromatic N) is 1. The van der Waals surface area contributed by atoms with E-state index in [0.29, 0.717) is 11.3 Å². The number of methoxy groups -OCH3 is 1. The summed E-state index contributed by atoms with van der Waals surface area (Å²) in [6.45, 7) is 1.87. The number of fused-ring (bicyclic) bond motifs is 1. The summed E-state index contributed by atoms with van der Waals surface area (Å²) < 4.78 is 5.21. The lowest BCUT2D eigenvalue weighted by molar-refractivity contribution is 0.112. The number of carbonyl (C=O) groups excluding carboxylic acids is 1. The molecule has 3 nitrogen and oxygen atoms in total. The summed E-state index contributed by atoms with van der Waals surface area (Å²) in [4.78, 5) is 15.3. The van der Waals surface area contributed by atoms with Crippen LogP contribution in [0.2, 0.25) is 0 Å². The Hall–Kier alpha value is -1.90. The Kier molecular flexibility index (Phi) is 2.37. The molecule has 1 heterocycles. The number of aromatic nitrogens is 1. The normalized spacial score (nSPS) is 10.3. The number of aryl methyl sites for hydroxylation is 1. The van der Waals surface area contributed by atoms with Gasteiger partial charge in [-0.05, 0) is 25.1 Å². The second kappa shape index (κ2) is 3.69. The summed E-state index contributed by atoms with van der Waals surface area (Å²) in [5.74, 6) is 0.682. The molecule has 0 saturated carbocycles. The van der Waals surface area contributed by atoms with Crippen molar-refractivity contribution in [2.24, 2.45) is 0 Å². The molecule has 15 heavy (non-hydrogen) atoms. The van der Waals surface area contributed by atoms with E-state index >= 15 is 0 Å². The Morgan fingerprint density at radius 2 is 2.20 bits per heavy atom. The number of hydrogen-bond acceptors (Lipinski definition) is 3. The van der Waals surface area contributed by atoms with Crippen molar-refractivity contribution < 1.29 is 9.53 Å². The molecule has 0 aliphatic rings. The zero-order valence-electron chi connectivity index (χ0n) is 8.65. The van der Waals surface area contributed by atoms with Gasteiger partial charge >= 0.3 is 0 Å². The number of benzene rings is 1. The molecule has 0 aliphatic carbocycles. The van der Waals surface area contributed by atoms with Gasteiger partial charge in [0.15, 0.2) is 6.29 Å². The number of aldehydes is 1. The van der Waals surface area contributed by atoms with Gasteiger partial charge in [-0.3, -0.25) is 9.78 Å². The van der Waals surface area contributed by atoms with Gasteiger partial charge in [-0.1, -0.05) is 6.07 Å². The highest BCUT2D eigenvalue weighted by atomic mass is 16.5. The van der Waals surface area contributed by atoms with Gasteiger partial charge in [-0.15, -0.1) is 0 Å². The molecule has 0 aliphatic heterocycles. The molecule has 0 N–H and O–H groups in total. The van der Waals surface area contributed by atoms with Crippen molar-refractivity contribution in [3.63, 3.8) is 0 Å². The lowest BCUT2D eigenvalue weighted by atomic mass is 10.1. The molecule has 0 fully saturated rings. The summed E-state index contributed by atoms with van der Waals surface area (Å²) in [5.41, 5.74) is 2.24. The standard InChI is InChI=1S/C12H11NO2/c1-8-6-9(7-14)12-10(13-8)4-3-5-11(12)15-2/h3-7H,1-2H3. The summed E-state index contributed by atoms with van der Waals surface area (Å²) in [6, 6.07) is 7.32. The Morgan fingerprint density at radius 1 is 1.40 bits per heavy atom. The van der Waals surface area contributed by atoms with E-state index in [1.807, 2.05) is 25.1 Å². The molecule has 2 aromatic rings. The molecular formula is C12H11NO2. The predicted molar refractivity (Wildman–Crippen MR) is 58.4 cm³/mol. The van der Waals surface area contributed by atoms with Crippen LogP contribution in [-0.2, 0) is 0 Å². The quantitative estimate of drug-likeness (QED) is 0.700. The molecule has 0 bridgehead atoms. The fourth-order valence-electron chi connectivity index (χ4n) is 1.69. The van der Waals surface area contributed by atoms with Crippen molar-refractivity contribution in [1.82, 2.24) is 4.98 Å². The molecule has 1 aromatic heterocycles. The van der Waals surface area contributed by atoms with Gasteiger partial charge in [0.2, 0.25) is 0 Å². The molecule has 1 aromatic carbocycles. The molecule has 76 valence electrons. The summed E-state index contributed by atoms with van der Waals surface area (Å²) >= 11 is 0. The van der Waals surface area contributed by atoms with Crippen LogP contribution in [0.5, 0.6) is 5.75 Å². The molecule has 2 rings (SSSR count). The summed E-state index contributed by atoms with van der Waals surface area (Å²) in [5, 5.41) is 0.778. The van der Waals surface area contributed by atoms with Crippen LogP contribution in [0.25, 0.3) is 10.9 Å². The minimum Gasteiger partial charge on any atom is -0.496 e. The van der Waals surface area contributed by atoms with Gasteiger partial charge in [0.1, 0.15) is 5.75 Å². The van der Waals surface area contributed by atoms with Crippen LogP contribution in [-0.4, -0.2) is 18.4 Å². The molecule has 0 unspecified atom stereocenters. The SMILES string of the molecule is COc1cccc2nc(C)cc(C=O)c12. The maximum Gasteiger partial charge on any atom is 0.150 e. The number of carbonyl (C=O) groups is 1. The van der Waals surface area contributed by atoms with E-state index in [2.05, 4.69) is 4.98 Å². The Balaban J connectivity index is 2.90. The van der Waals surface area contributed by atoms with Crippen LogP contribution in [0, 0.1) is 6.92 Å². The van der Waals surface area contributed by atoms with E-state index in [4.69, 9.17) is 4.74 Å². The second-order valence-corrected chi connectivity index (χ2v) is 3.33. The third-order valence-corrected chi connectivity index (χ3v) is 2.30. The lowest BCUT2D eigenvalue weighted by Crippen LogP contribution is -1.93. The zero-order valence-corrected chi connectivity index (χ0v) is 8.65. The molecule has 0 atom stereocenters. The Morgan fingerprint density at radius 3 is 2.87 bits per heavy atom. The van der Waals surface area contributed by atoms with Crippen molar-refractivity contribution in [3.05, 3.63) is 35.5 Å². The third kappa shape index (κ3) is 1.56. The minimum absolute atomic E-state index is 0.620. The highest BCUT2D eigenvalue weighted by molar-refractivity contribution is 6.00. The van der Waals surface area contributed by atoms with E-state index < -0.39 is 0 Å². The number of ether oxygens (including phenoxy) is 1. The smallest absolute Gasteiger partial charge is 0.150 e. The molecular weight excluding hydrogens is 190 g/mol. The molecule has 3 heteroatoms. The average Bonchev–Trinajstić information content (AvgIpc) is 2.26. The first-order chi connectivity index (χ1) is 7.26. The largest absolute Gasteiger partial charge is 0.496 e. The van der Waals surface area contributed by atoms with Gasteiger partial charge in [-0.2, -0.15) is 0 Å². The third-order valence-electron chi connectivity index (χ3n) is 2.30. The predicted octanol–water partition coefficient (Wildman–Crippen LogP) is 2.36. The number of hydrogen-bond donors (Lipinski definition) is 0. The van der Waals surface area contributed by atoms with E-state index in [1.165, 1.54) is 0 Å².